The van der Waals surface area contributed by atoms with Crippen molar-refractivity contribution < 1.29 is 9.90 Å². The summed E-state index contributed by atoms with van der Waals surface area (Å²) in [5.41, 5.74) is 1.43. The molecule has 0 heterocycles. The number of carbonyl (C=O) groups is 1. The quantitative estimate of drug-likeness (QED) is 0.837. The number of aliphatic carboxylic acids is 1. The normalized spacial score (nSPS) is 10.1. The van der Waals surface area contributed by atoms with E-state index in [0.717, 1.165) is 12.1 Å². The van der Waals surface area contributed by atoms with Gasteiger partial charge in [-0.1, -0.05) is 13.8 Å². The summed E-state index contributed by atoms with van der Waals surface area (Å²) >= 11 is 0. The van der Waals surface area contributed by atoms with Crippen molar-refractivity contribution in [1.29, 1.82) is 5.26 Å². The molecular weight excluding hydrogens is 228 g/mol. The van der Waals surface area contributed by atoms with Gasteiger partial charge in [0.25, 0.3) is 0 Å². The van der Waals surface area contributed by atoms with Gasteiger partial charge in [-0.3, -0.25) is 4.79 Å². The van der Waals surface area contributed by atoms with E-state index in [4.69, 9.17) is 10.4 Å². The summed E-state index contributed by atoms with van der Waals surface area (Å²) in [7, 11) is 0. The van der Waals surface area contributed by atoms with Crippen molar-refractivity contribution >= 4 is 11.7 Å². The first-order valence-corrected chi connectivity index (χ1v) is 6.00. The number of anilines is 1. The maximum atomic E-state index is 10.9. The van der Waals surface area contributed by atoms with Crippen molar-refractivity contribution in [1.82, 2.24) is 0 Å². The first-order valence-electron chi connectivity index (χ1n) is 6.00. The predicted octanol–water partition coefficient (Wildman–Crippen LogP) is 2.50. The molecule has 0 aromatic heterocycles. The molecule has 4 heteroatoms. The van der Waals surface area contributed by atoms with Gasteiger partial charge >= 0.3 is 5.97 Å². The maximum absolute atomic E-state index is 10.9. The number of nitriles is 1. The Kier molecular flexibility index (Phi) is 5.19. The van der Waals surface area contributed by atoms with E-state index in [0.29, 0.717) is 18.0 Å². The van der Waals surface area contributed by atoms with Crippen molar-refractivity contribution in [3.8, 4) is 6.07 Å². The molecule has 96 valence electrons. The Hall–Kier alpha value is -2.02. The average Bonchev–Trinajstić information content (AvgIpc) is 2.34. The van der Waals surface area contributed by atoms with Crippen LogP contribution < -0.4 is 4.90 Å². The van der Waals surface area contributed by atoms with Gasteiger partial charge in [0, 0.05) is 12.2 Å². The highest BCUT2D eigenvalue weighted by Crippen LogP contribution is 2.16. The second kappa shape index (κ2) is 6.65. The Morgan fingerprint density at radius 1 is 1.39 bits per heavy atom. The van der Waals surface area contributed by atoms with E-state index in [1.807, 2.05) is 11.0 Å². The van der Waals surface area contributed by atoms with E-state index in [2.05, 4.69) is 13.8 Å². The molecule has 0 atom stereocenters. The van der Waals surface area contributed by atoms with Crippen LogP contribution in [0.3, 0.4) is 0 Å². The van der Waals surface area contributed by atoms with Gasteiger partial charge < -0.3 is 10.0 Å². The number of nitrogens with zero attached hydrogens (tertiary/aromatic N) is 2. The van der Waals surface area contributed by atoms with Crippen molar-refractivity contribution in [2.45, 2.75) is 20.3 Å². The van der Waals surface area contributed by atoms with Crippen LogP contribution in [0.25, 0.3) is 0 Å². The smallest absolute Gasteiger partial charge is 0.323 e. The summed E-state index contributed by atoms with van der Waals surface area (Å²) in [4.78, 5) is 12.7. The van der Waals surface area contributed by atoms with Crippen molar-refractivity contribution in [3.05, 3.63) is 29.8 Å². The number of hydrogen-bond acceptors (Lipinski definition) is 3. The summed E-state index contributed by atoms with van der Waals surface area (Å²) in [6, 6.07) is 9.05. The third-order valence-corrected chi connectivity index (χ3v) is 2.66. The largest absolute Gasteiger partial charge is 0.480 e. The summed E-state index contributed by atoms with van der Waals surface area (Å²) in [5.74, 6) is -0.317. The number of hydrogen-bond donors (Lipinski definition) is 1. The molecule has 0 bridgehead atoms. The zero-order valence-electron chi connectivity index (χ0n) is 10.8. The minimum absolute atomic E-state index is 0.0153. The number of rotatable bonds is 6. The van der Waals surface area contributed by atoms with Gasteiger partial charge in [-0.25, -0.2) is 0 Å². The second-order valence-electron chi connectivity index (χ2n) is 4.66. The molecule has 0 spiro atoms. The Bertz CT molecular complexity index is 432. The Morgan fingerprint density at radius 3 is 2.44 bits per heavy atom. The molecule has 1 aromatic carbocycles. The SMILES string of the molecule is CC(C)CCN(CC(=O)O)c1ccc(C#N)cc1. The van der Waals surface area contributed by atoms with Crippen LogP contribution in [0.15, 0.2) is 24.3 Å². The third kappa shape index (κ3) is 4.46. The minimum Gasteiger partial charge on any atom is -0.480 e. The van der Waals surface area contributed by atoms with Gasteiger partial charge in [0.15, 0.2) is 0 Å². The molecule has 1 rings (SSSR count). The van der Waals surface area contributed by atoms with Crippen LogP contribution in [-0.2, 0) is 4.79 Å². The standard InChI is InChI=1S/C14H18N2O2/c1-11(2)7-8-16(10-14(17)18)13-5-3-12(9-15)4-6-13/h3-6,11H,7-8,10H2,1-2H3,(H,17,18). The summed E-state index contributed by atoms with van der Waals surface area (Å²) in [6.07, 6.45) is 0.938. The fourth-order valence-corrected chi connectivity index (χ4v) is 1.62. The van der Waals surface area contributed by atoms with Gasteiger partial charge in [-0.2, -0.15) is 5.26 Å². The van der Waals surface area contributed by atoms with Gasteiger partial charge in [-0.15, -0.1) is 0 Å². The highest BCUT2D eigenvalue weighted by atomic mass is 16.4. The summed E-state index contributed by atoms with van der Waals surface area (Å²) < 4.78 is 0. The van der Waals surface area contributed by atoms with Gasteiger partial charge in [0.2, 0.25) is 0 Å². The van der Waals surface area contributed by atoms with Crippen LogP contribution in [0.4, 0.5) is 5.69 Å². The maximum Gasteiger partial charge on any atom is 0.323 e. The first kappa shape index (κ1) is 14.0. The predicted molar refractivity (Wildman–Crippen MR) is 70.5 cm³/mol. The third-order valence-electron chi connectivity index (χ3n) is 2.66. The van der Waals surface area contributed by atoms with E-state index in [-0.39, 0.29) is 6.54 Å². The van der Waals surface area contributed by atoms with Crippen LogP contribution in [0.5, 0.6) is 0 Å². The number of carboxylic acid groups (broad SMARTS) is 1. The molecule has 0 aliphatic rings. The van der Waals surface area contributed by atoms with Crippen LogP contribution in [0.1, 0.15) is 25.8 Å². The monoisotopic (exact) mass is 246 g/mol. The molecule has 0 saturated heterocycles. The molecular formula is C14H18N2O2. The molecule has 4 nitrogen and oxygen atoms in total. The zero-order valence-corrected chi connectivity index (χ0v) is 10.8. The Labute approximate surface area is 107 Å². The highest BCUT2D eigenvalue weighted by Gasteiger charge is 2.11. The van der Waals surface area contributed by atoms with E-state index in [1.54, 1.807) is 24.3 Å². The lowest BCUT2D eigenvalue weighted by Crippen LogP contribution is -2.31. The van der Waals surface area contributed by atoms with Crippen LogP contribution in [-0.4, -0.2) is 24.2 Å². The Balaban J connectivity index is 2.80. The molecule has 0 unspecified atom stereocenters. The second-order valence-corrected chi connectivity index (χ2v) is 4.66. The van der Waals surface area contributed by atoms with Crippen LogP contribution in [0.2, 0.25) is 0 Å². The lowest BCUT2D eigenvalue weighted by Gasteiger charge is -2.23. The Morgan fingerprint density at radius 2 is 2.00 bits per heavy atom. The van der Waals surface area contributed by atoms with Crippen molar-refractivity contribution in [2.24, 2.45) is 5.92 Å². The van der Waals surface area contributed by atoms with E-state index in [9.17, 15) is 4.79 Å². The minimum atomic E-state index is -0.844. The lowest BCUT2D eigenvalue weighted by molar-refractivity contribution is -0.135. The first-order chi connectivity index (χ1) is 8.52. The molecule has 18 heavy (non-hydrogen) atoms. The number of carboxylic acids is 1. The summed E-state index contributed by atoms with van der Waals surface area (Å²) in [6.45, 7) is 4.91. The molecule has 1 N–H and O–H groups in total. The topological polar surface area (TPSA) is 64.3 Å². The zero-order chi connectivity index (χ0) is 13.5. The molecule has 0 saturated carbocycles. The molecule has 0 amide bonds. The van der Waals surface area contributed by atoms with Crippen molar-refractivity contribution in [3.63, 3.8) is 0 Å². The molecule has 0 radical (unpaired) electrons. The van der Waals surface area contributed by atoms with Crippen LogP contribution in [0, 0.1) is 17.2 Å². The summed E-state index contributed by atoms with van der Waals surface area (Å²) in [5, 5.41) is 17.6. The van der Waals surface area contributed by atoms with E-state index >= 15 is 0 Å². The molecule has 0 aliphatic carbocycles. The van der Waals surface area contributed by atoms with E-state index in [1.165, 1.54) is 0 Å². The van der Waals surface area contributed by atoms with Gasteiger partial charge in [0.05, 0.1) is 11.6 Å². The molecule has 0 aliphatic heterocycles. The van der Waals surface area contributed by atoms with E-state index < -0.39 is 5.97 Å². The molecule has 0 fully saturated rings. The fraction of sp³-hybridized carbons (Fsp3) is 0.429. The fourth-order valence-electron chi connectivity index (χ4n) is 1.62. The van der Waals surface area contributed by atoms with Gasteiger partial charge in [0.1, 0.15) is 6.54 Å². The number of benzene rings is 1. The lowest BCUT2D eigenvalue weighted by atomic mass is 10.1. The van der Waals surface area contributed by atoms with Crippen molar-refractivity contribution in [2.75, 3.05) is 18.0 Å². The average molecular weight is 246 g/mol. The molecule has 1 aromatic rings. The van der Waals surface area contributed by atoms with Crippen LogP contribution >= 0.6 is 0 Å². The van der Waals surface area contributed by atoms with Gasteiger partial charge in [-0.05, 0) is 36.6 Å². The highest BCUT2D eigenvalue weighted by molar-refractivity contribution is 5.73.